The molecule has 0 fully saturated rings. The molecular weight excluding hydrogens is 262 g/mol. The topological polar surface area (TPSA) is 52.4 Å². The second-order valence-corrected chi connectivity index (χ2v) is 3.97. The number of ether oxygens (including phenoxy) is 1. The summed E-state index contributed by atoms with van der Waals surface area (Å²) in [5, 5.41) is 10.5. The van der Waals surface area contributed by atoms with Crippen molar-refractivity contribution in [3.63, 3.8) is 0 Å². The van der Waals surface area contributed by atoms with Crippen LogP contribution in [0, 0.1) is 10.1 Å². The molecule has 1 aromatic rings. The Labute approximate surface area is 95.8 Å². The van der Waals surface area contributed by atoms with Crippen LogP contribution in [-0.2, 0) is 0 Å². The molecule has 15 heavy (non-hydrogen) atoms. The second-order valence-electron chi connectivity index (χ2n) is 3.12. The van der Waals surface area contributed by atoms with Gasteiger partial charge in [-0.25, -0.2) is 0 Å². The maximum atomic E-state index is 10.5. The maximum Gasteiger partial charge on any atom is 0.273 e. The molecule has 4 nitrogen and oxygen atoms in total. The Morgan fingerprint density at radius 1 is 1.67 bits per heavy atom. The number of hydrogen-bond donors (Lipinski definition) is 0. The van der Waals surface area contributed by atoms with Gasteiger partial charge in [-0.1, -0.05) is 6.58 Å². The molecule has 0 aliphatic rings. The zero-order chi connectivity index (χ0) is 11.4. The van der Waals surface area contributed by atoms with E-state index in [2.05, 4.69) is 22.5 Å². The molecule has 1 rings (SSSR count). The molecule has 0 saturated carbocycles. The standard InChI is InChI=1S/C10H10BrNO3/c1-7(2)6-15-10-5-8(12(13)14)3-4-9(10)11/h3-5H,1,6H2,2H3. The SMILES string of the molecule is C=C(C)COc1cc([N+](=O)[O-])ccc1Br. The molecule has 0 radical (unpaired) electrons. The van der Waals surface area contributed by atoms with Gasteiger partial charge in [-0.05, 0) is 34.5 Å². The molecule has 0 atom stereocenters. The van der Waals surface area contributed by atoms with Crippen LogP contribution in [0.4, 0.5) is 5.69 Å². The van der Waals surface area contributed by atoms with Crippen LogP contribution in [0.5, 0.6) is 5.75 Å². The first-order valence-corrected chi connectivity index (χ1v) is 5.01. The maximum absolute atomic E-state index is 10.5. The fourth-order valence-electron chi connectivity index (χ4n) is 0.917. The van der Waals surface area contributed by atoms with E-state index >= 15 is 0 Å². The minimum absolute atomic E-state index is 0.00918. The van der Waals surface area contributed by atoms with Gasteiger partial charge in [0.05, 0.1) is 15.5 Å². The highest BCUT2D eigenvalue weighted by molar-refractivity contribution is 9.10. The highest BCUT2D eigenvalue weighted by Gasteiger charge is 2.10. The number of nitro groups is 1. The van der Waals surface area contributed by atoms with Gasteiger partial charge in [-0.3, -0.25) is 10.1 Å². The largest absolute Gasteiger partial charge is 0.488 e. The number of hydrogen-bond acceptors (Lipinski definition) is 3. The van der Waals surface area contributed by atoms with E-state index in [1.165, 1.54) is 12.1 Å². The summed E-state index contributed by atoms with van der Waals surface area (Å²) in [5.74, 6) is 0.451. The van der Waals surface area contributed by atoms with E-state index in [4.69, 9.17) is 4.74 Å². The summed E-state index contributed by atoms with van der Waals surface area (Å²) in [6.07, 6.45) is 0. The molecule has 0 aliphatic carbocycles. The molecule has 0 unspecified atom stereocenters. The van der Waals surface area contributed by atoms with E-state index in [0.29, 0.717) is 16.8 Å². The van der Waals surface area contributed by atoms with Gasteiger partial charge < -0.3 is 4.74 Å². The van der Waals surface area contributed by atoms with E-state index in [0.717, 1.165) is 5.57 Å². The van der Waals surface area contributed by atoms with Gasteiger partial charge in [0.15, 0.2) is 0 Å². The van der Waals surface area contributed by atoms with Crippen molar-refractivity contribution in [3.8, 4) is 5.75 Å². The average Bonchev–Trinajstić information content (AvgIpc) is 2.16. The minimum atomic E-state index is -0.458. The smallest absolute Gasteiger partial charge is 0.273 e. The predicted molar refractivity (Wildman–Crippen MR) is 61.1 cm³/mol. The lowest BCUT2D eigenvalue weighted by molar-refractivity contribution is -0.384. The van der Waals surface area contributed by atoms with Crippen LogP contribution in [0.1, 0.15) is 6.92 Å². The van der Waals surface area contributed by atoms with E-state index < -0.39 is 4.92 Å². The summed E-state index contributed by atoms with van der Waals surface area (Å²) in [5.41, 5.74) is 0.864. The molecule has 0 aliphatic heterocycles. The number of nitrogens with zero attached hydrogens (tertiary/aromatic N) is 1. The van der Waals surface area contributed by atoms with Crippen LogP contribution >= 0.6 is 15.9 Å². The molecule has 0 saturated heterocycles. The van der Waals surface area contributed by atoms with E-state index in [9.17, 15) is 10.1 Å². The first kappa shape index (κ1) is 11.7. The Hall–Kier alpha value is -1.36. The molecular formula is C10H10BrNO3. The molecule has 0 spiro atoms. The quantitative estimate of drug-likeness (QED) is 0.480. The monoisotopic (exact) mass is 271 g/mol. The lowest BCUT2D eigenvalue weighted by atomic mass is 10.3. The van der Waals surface area contributed by atoms with Crippen molar-refractivity contribution < 1.29 is 9.66 Å². The Bertz CT molecular complexity index is 404. The van der Waals surface area contributed by atoms with E-state index in [1.54, 1.807) is 6.07 Å². The van der Waals surface area contributed by atoms with Crippen LogP contribution in [-0.4, -0.2) is 11.5 Å². The van der Waals surface area contributed by atoms with Crippen molar-refractivity contribution in [1.29, 1.82) is 0 Å². The van der Waals surface area contributed by atoms with Gasteiger partial charge in [-0.2, -0.15) is 0 Å². The van der Waals surface area contributed by atoms with Crippen molar-refractivity contribution >= 4 is 21.6 Å². The third-order valence-electron chi connectivity index (χ3n) is 1.60. The van der Waals surface area contributed by atoms with Crippen LogP contribution in [0.25, 0.3) is 0 Å². The van der Waals surface area contributed by atoms with Crippen molar-refractivity contribution in [2.45, 2.75) is 6.92 Å². The number of nitro benzene ring substituents is 1. The van der Waals surface area contributed by atoms with E-state index in [-0.39, 0.29) is 5.69 Å². The lowest BCUT2D eigenvalue weighted by Crippen LogP contribution is -1.99. The van der Waals surface area contributed by atoms with Crippen LogP contribution in [0.3, 0.4) is 0 Å². The van der Waals surface area contributed by atoms with Crippen LogP contribution in [0.15, 0.2) is 34.8 Å². The number of non-ortho nitro benzene ring substituents is 1. The zero-order valence-corrected chi connectivity index (χ0v) is 9.78. The molecule has 0 heterocycles. The summed E-state index contributed by atoms with van der Waals surface area (Å²) >= 11 is 3.25. The lowest BCUT2D eigenvalue weighted by Gasteiger charge is -2.07. The van der Waals surface area contributed by atoms with Crippen molar-refractivity contribution in [1.82, 2.24) is 0 Å². The summed E-state index contributed by atoms with van der Waals surface area (Å²) < 4.78 is 6.03. The fourth-order valence-corrected chi connectivity index (χ4v) is 1.28. The van der Waals surface area contributed by atoms with Gasteiger partial charge in [0, 0.05) is 6.07 Å². The van der Waals surface area contributed by atoms with Crippen molar-refractivity contribution in [2.24, 2.45) is 0 Å². The highest BCUT2D eigenvalue weighted by Crippen LogP contribution is 2.29. The summed E-state index contributed by atoms with van der Waals surface area (Å²) in [7, 11) is 0. The Morgan fingerprint density at radius 2 is 2.33 bits per heavy atom. The second kappa shape index (κ2) is 4.93. The molecule has 0 amide bonds. The number of halogens is 1. The normalized spacial score (nSPS) is 9.73. The molecule has 80 valence electrons. The Morgan fingerprint density at radius 3 is 2.87 bits per heavy atom. The summed E-state index contributed by atoms with van der Waals surface area (Å²) in [6.45, 7) is 5.85. The predicted octanol–water partition coefficient (Wildman–Crippen LogP) is 3.31. The van der Waals surface area contributed by atoms with Gasteiger partial charge >= 0.3 is 0 Å². The number of benzene rings is 1. The Balaban J connectivity index is 2.90. The zero-order valence-electron chi connectivity index (χ0n) is 8.20. The van der Waals surface area contributed by atoms with E-state index in [1.807, 2.05) is 6.92 Å². The summed E-state index contributed by atoms with van der Waals surface area (Å²) in [4.78, 5) is 10.1. The van der Waals surface area contributed by atoms with Gasteiger partial charge in [0.1, 0.15) is 12.4 Å². The fraction of sp³-hybridized carbons (Fsp3) is 0.200. The minimum Gasteiger partial charge on any atom is -0.488 e. The van der Waals surface area contributed by atoms with Crippen LogP contribution in [0.2, 0.25) is 0 Å². The molecule has 1 aromatic carbocycles. The van der Waals surface area contributed by atoms with Gasteiger partial charge in [0.2, 0.25) is 0 Å². The average molecular weight is 272 g/mol. The highest BCUT2D eigenvalue weighted by atomic mass is 79.9. The molecule has 0 N–H and O–H groups in total. The first-order valence-electron chi connectivity index (χ1n) is 4.22. The van der Waals surface area contributed by atoms with Crippen molar-refractivity contribution in [2.75, 3.05) is 6.61 Å². The summed E-state index contributed by atoms with van der Waals surface area (Å²) in [6, 6.07) is 4.39. The van der Waals surface area contributed by atoms with Crippen molar-refractivity contribution in [3.05, 3.63) is 44.9 Å². The van der Waals surface area contributed by atoms with Crippen LogP contribution < -0.4 is 4.74 Å². The third kappa shape index (κ3) is 3.36. The number of rotatable bonds is 4. The molecule has 5 heteroatoms. The van der Waals surface area contributed by atoms with Gasteiger partial charge in [0.25, 0.3) is 5.69 Å². The Kier molecular flexibility index (Phi) is 3.85. The third-order valence-corrected chi connectivity index (χ3v) is 2.25. The van der Waals surface area contributed by atoms with Gasteiger partial charge in [-0.15, -0.1) is 0 Å². The molecule has 0 bridgehead atoms. The molecule has 0 aromatic heterocycles. The first-order chi connectivity index (χ1) is 7.00.